The van der Waals surface area contributed by atoms with Crippen LogP contribution in [0.15, 0.2) is 15.7 Å². The average molecular weight is 469 g/mol. The fraction of sp³-hybridized carbons (Fsp3) is 0.625. The highest BCUT2D eigenvalue weighted by Crippen LogP contribution is 2.39. The Bertz CT molecular complexity index is 1150. The van der Waals surface area contributed by atoms with Crippen molar-refractivity contribution in [2.24, 2.45) is 0 Å². The van der Waals surface area contributed by atoms with E-state index >= 15 is 0 Å². The molecule has 1 aliphatic heterocycles. The molecular formula is C24H32N6O2S. The van der Waals surface area contributed by atoms with Crippen LogP contribution >= 0.6 is 11.8 Å². The molecular weight excluding hydrogens is 436 g/mol. The van der Waals surface area contributed by atoms with Gasteiger partial charge in [-0.05, 0) is 58.2 Å². The van der Waals surface area contributed by atoms with Gasteiger partial charge in [-0.25, -0.2) is 14.6 Å². The molecule has 9 heteroatoms. The monoisotopic (exact) mass is 468 g/mol. The van der Waals surface area contributed by atoms with Crippen molar-refractivity contribution in [3.8, 4) is 11.5 Å². The average Bonchev–Trinajstić information content (AvgIpc) is 3.60. The highest BCUT2D eigenvalue weighted by molar-refractivity contribution is 7.98. The Morgan fingerprint density at radius 3 is 2.97 bits per heavy atom. The standard InChI is InChI=1S/C24H32N6O2S/c1-4-5-11-19(31)15-8-6-9-16-20(29-32-21(15)16)22-27-23-17(24(28-22)33-3)13-26-30(23)14(2)18-10-7-12-25-18/h13-15,18,25H,4-12H2,1-3H3/t14-,15+,18-/m0/s1. The molecule has 5 rings (SSSR count). The summed E-state index contributed by atoms with van der Waals surface area (Å²) in [5, 5.41) is 14.5. The number of nitrogens with zero attached hydrogens (tertiary/aromatic N) is 5. The molecule has 0 spiro atoms. The molecule has 0 aromatic carbocycles. The van der Waals surface area contributed by atoms with E-state index in [1.165, 1.54) is 6.42 Å². The minimum absolute atomic E-state index is 0.189. The summed E-state index contributed by atoms with van der Waals surface area (Å²) in [4.78, 5) is 22.6. The molecule has 0 amide bonds. The lowest BCUT2D eigenvalue weighted by atomic mass is 9.83. The number of hydrogen-bond donors (Lipinski definition) is 1. The van der Waals surface area contributed by atoms with Crippen LogP contribution in [-0.4, -0.2) is 49.5 Å². The first-order chi connectivity index (χ1) is 16.1. The summed E-state index contributed by atoms with van der Waals surface area (Å²) >= 11 is 1.59. The van der Waals surface area contributed by atoms with Crippen molar-refractivity contribution in [3.05, 3.63) is 17.5 Å². The summed E-state index contributed by atoms with van der Waals surface area (Å²) in [6, 6.07) is 0.577. The zero-order valence-corrected chi connectivity index (χ0v) is 20.5. The van der Waals surface area contributed by atoms with Crippen molar-refractivity contribution in [3.63, 3.8) is 0 Å². The van der Waals surface area contributed by atoms with Gasteiger partial charge >= 0.3 is 0 Å². The predicted molar refractivity (Wildman–Crippen MR) is 129 cm³/mol. The Morgan fingerprint density at radius 1 is 1.33 bits per heavy atom. The minimum Gasteiger partial charge on any atom is -0.360 e. The Balaban J connectivity index is 1.55. The molecule has 0 saturated carbocycles. The van der Waals surface area contributed by atoms with Crippen molar-refractivity contribution >= 4 is 28.6 Å². The smallest absolute Gasteiger partial charge is 0.185 e. The van der Waals surface area contributed by atoms with Gasteiger partial charge in [-0.1, -0.05) is 18.5 Å². The second-order valence-electron chi connectivity index (χ2n) is 9.22. The largest absolute Gasteiger partial charge is 0.360 e. The molecule has 1 fully saturated rings. The zero-order chi connectivity index (χ0) is 22.9. The molecule has 1 N–H and O–H groups in total. The summed E-state index contributed by atoms with van der Waals surface area (Å²) < 4.78 is 7.81. The van der Waals surface area contributed by atoms with E-state index in [-0.39, 0.29) is 17.7 Å². The lowest BCUT2D eigenvalue weighted by molar-refractivity contribution is -0.121. The summed E-state index contributed by atoms with van der Waals surface area (Å²) in [6.07, 6.45) is 11.4. The van der Waals surface area contributed by atoms with Crippen LogP contribution in [0, 0.1) is 0 Å². The molecule has 4 heterocycles. The number of thioether (sulfide) groups is 1. The number of unbranched alkanes of at least 4 members (excludes halogenated alkanes) is 1. The van der Waals surface area contributed by atoms with Crippen molar-refractivity contribution in [2.45, 2.75) is 88.2 Å². The van der Waals surface area contributed by atoms with Gasteiger partial charge < -0.3 is 9.84 Å². The van der Waals surface area contributed by atoms with Crippen molar-refractivity contribution in [2.75, 3.05) is 12.8 Å². The van der Waals surface area contributed by atoms with Gasteiger partial charge in [-0.2, -0.15) is 5.10 Å². The zero-order valence-electron chi connectivity index (χ0n) is 19.6. The fourth-order valence-electron chi connectivity index (χ4n) is 5.21. The SMILES string of the molecule is CCCCC(=O)[C@H]1CCCc2c(-c3nc(SC)c4cnn([C@@H](C)[C@@H]5CCCN5)c4n3)noc21. The number of carbonyl (C=O) groups excluding carboxylic acids is 1. The molecule has 2 aliphatic rings. The van der Waals surface area contributed by atoms with Crippen LogP contribution in [0.4, 0.5) is 0 Å². The molecule has 1 saturated heterocycles. The first-order valence-electron chi connectivity index (χ1n) is 12.2. The molecule has 3 aromatic rings. The maximum atomic E-state index is 12.8. The van der Waals surface area contributed by atoms with Gasteiger partial charge in [0.1, 0.15) is 10.8 Å². The Morgan fingerprint density at radius 2 is 2.21 bits per heavy atom. The number of aromatic nitrogens is 5. The molecule has 33 heavy (non-hydrogen) atoms. The van der Waals surface area contributed by atoms with E-state index in [0.717, 1.165) is 72.5 Å². The summed E-state index contributed by atoms with van der Waals surface area (Å²) in [5.74, 6) is 1.36. The van der Waals surface area contributed by atoms with Gasteiger partial charge in [0.15, 0.2) is 22.9 Å². The number of Topliss-reactive ketones (excluding diaryl/α,β-unsaturated/α-hetero) is 1. The Hall–Kier alpha value is -2.26. The van der Waals surface area contributed by atoms with Crippen molar-refractivity contribution in [1.29, 1.82) is 0 Å². The summed E-state index contributed by atoms with van der Waals surface area (Å²) in [6.45, 7) is 5.35. The van der Waals surface area contributed by atoms with Crippen LogP contribution in [0.2, 0.25) is 0 Å². The number of ketones is 1. The third-order valence-corrected chi connectivity index (χ3v) is 7.81. The van der Waals surface area contributed by atoms with E-state index in [1.807, 2.05) is 17.1 Å². The first kappa shape index (κ1) is 22.5. The third kappa shape index (κ3) is 4.10. The van der Waals surface area contributed by atoms with Gasteiger partial charge in [-0.3, -0.25) is 4.79 Å². The van der Waals surface area contributed by atoms with Crippen LogP contribution in [0.5, 0.6) is 0 Å². The van der Waals surface area contributed by atoms with E-state index < -0.39 is 0 Å². The Kier molecular flexibility index (Phi) is 6.51. The Labute approximate surface area is 198 Å². The second-order valence-corrected chi connectivity index (χ2v) is 10.0. The highest BCUT2D eigenvalue weighted by Gasteiger charge is 2.34. The van der Waals surface area contributed by atoms with Crippen LogP contribution in [0.25, 0.3) is 22.6 Å². The molecule has 0 radical (unpaired) electrons. The molecule has 3 aromatic heterocycles. The van der Waals surface area contributed by atoms with Gasteiger partial charge in [0.05, 0.1) is 23.5 Å². The lowest BCUT2D eigenvalue weighted by Gasteiger charge is -2.20. The predicted octanol–water partition coefficient (Wildman–Crippen LogP) is 4.70. The van der Waals surface area contributed by atoms with Crippen molar-refractivity contribution < 1.29 is 9.32 Å². The fourth-order valence-corrected chi connectivity index (χ4v) is 5.75. The number of rotatable bonds is 8. The van der Waals surface area contributed by atoms with Gasteiger partial charge in [0.2, 0.25) is 0 Å². The summed E-state index contributed by atoms with van der Waals surface area (Å²) in [5.41, 5.74) is 2.50. The number of carbonyl (C=O) groups is 1. The minimum atomic E-state index is -0.190. The number of hydrogen-bond acceptors (Lipinski definition) is 8. The molecule has 3 atom stereocenters. The number of nitrogens with one attached hydrogen (secondary N) is 1. The molecule has 1 aliphatic carbocycles. The van der Waals surface area contributed by atoms with Crippen LogP contribution in [0.3, 0.4) is 0 Å². The summed E-state index contributed by atoms with van der Waals surface area (Å²) in [7, 11) is 0. The number of fused-ring (bicyclic) bond motifs is 2. The van der Waals surface area contributed by atoms with E-state index in [4.69, 9.17) is 19.6 Å². The molecule has 8 nitrogen and oxygen atoms in total. The van der Waals surface area contributed by atoms with E-state index in [0.29, 0.717) is 24.0 Å². The molecule has 176 valence electrons. The van der Waals surface area contributed by atoms with E-state index in [1.54, 1.807) is 11.8 Å². The van der Waals surface area contributed by atoms with E-state index in [2.05, 4.69) is 24.3 Å². The van der Waals surface area contributed by atoms with Crippen molar-refractivity contribution in [1.82, 2.24) is 30.2 Å². The van der Waals surface area contributed by atoms with E-state index in [9.17, 15) is 4.79 Å². The normalized spacial score (nSPS) is 21.4. The molecule has 0 unspecified atom stereocenters. The first-order valence-corrected chi connectivity index (χ1v) is 13.4. The maximum Gasteiger partial charge on any atom is 0.185 e. The van der Waals surface area contributed by atoms with Gasteiger partial charge in [-0.15, -0.1) is 11.8 Å². The lowest BCUT2D eigenvalue weighted by Crippen LogP contribution is -2.31. The maximum absolute atomic E-state index is 12.8. The highest BCUT2D eigenvalue weighted by atomic mass is 32.2. The van der Waals surface area contributed by atoms with Crippen LogP contribution in [-0.2, 0) is 11.2 Å². The third-order valence-electron chi connectivity index (χ3n) is 7.11. The van der Waals surface area contributed by atoms with Gasteiger partial charge in [0.25, 0.3) is 0 Å². The quantitative estimate of drug-likeness (QED) is 0.375. The topological polar surface area (TPSA) is 98.7 Å². The molecule has 0 bridgehead atoms. The van der Waals surface area contributed by atoms with Crippen LogP contribution < -0.4 is 5.32 Å². The second kappa shape index (κ2) is 9.54. The van der Waals surface area contributed by atoms with Crippen LogP contribution in [0.1, 0.15) is 82.1 Å². The van der Waals surface area contributed by atoms with Gasteiger partial charge in [0, 0.05) is 18.0 Å².